The van der Waals surface area contributed by atoms with Crippen LogP contribution >= 0.6 is 0 Å². The summed E-state index contributed by atoms with van der Waals surface area (Å²) in [6.45, 7) is 1.16. The van der Waals surface area contributed by atoms with Crippen molar-refractivity contribution in [1.29, 1.82) is 0 Å². The van der Waals surface area contributed by atoms with Crippen molar-refractivity contribution in [3.63, 3.8) is 0 Å². The van der Waals surface area contributed by atoms with Crippen LogP contribution in [0.1, 0.15) is 21.7 Å². The van der Waals surface area contributed by atoms with Gasteiger partial charge in [0.05, 0.1) is 5.69 Å². The second-order valence-electron chi connectivity index (χ2n) is 3.60. The van der Waals surface area contributed by atoms with Crippen molar-refractivity contribution in [1.82, 2.24) is 15.0 Å². The molecule has 0 bridgehead atoms. The van der Waals surface area contributed by atoms with Gasteiger partial charge >= 0.3 is 6.30 Å². The molecule has 0 spiro atoms. The Balaban J connectivity index is 2.42. The van der Waals surface area contributed by atoms with E-state index >= 15 is 0 Å². The first-order valence-corrected chi connectivity index (χ1v) is 5.00. The molecule has 0 fully saturated rings. The average Bonchev–Trinajstić information content (AvgIpc) is 2.71. The van der Waals surface area contributed by atoms with Gasteiger partial charge < -0.3 is 0 Å². The molecule has 0 aliphatic heterocycles. The Bertz CT molecular complexity index is 575. The molecule has 1 aromatic heterocycles. The zero-order chi connectivity index (χ0) is 13.3. The van der Waals surface area contributed by atoms with Crippen LogP contribution in [-0.2, 0) is 6.30 Å². The molecule has 2 rings (SSSR count). The summed E-state index contributed by atoms with van der Waals surface area (Å²) in [6.07, 6.45) is -4.67. The summed E-state index contributed by atoms with van der Waals surface area (Å²) < 4.78 is 37.2. The van der Waals surface area contributed by atoms with Crippen molar-refractivity contribution in [2.45, 2.75) is 13.2 Å². The van der Waals surface area contributed by atoms with Crippen molar-refractivity contribution in [3.05, 3.63) is 47.3 Å². The quantitative estimate of drug-likeness (QED) is 0.773. The minimum atomic E-state index is -4.67. The molecule has 7 heteroatoms. The number of hydrogen-bond acceptors (Lipinski definition) is 3. The van der Waals surface area contributed by atoms with Crippen molar-refractivity contribution in [2.75, 3.05) is 0 Å². The van der Waals surface area contributed by atoms with Gasteiger partial charge in [0.1, 0.15) is 0 Å². The second kappa shape index (κ2) is 4.25. The van der Waals surface area contributed by atoms with E-state index < -0.39 is 12.1 Å². The number of halogens is 3. The van der Waals surface area contributed by atoms with E-state index in [1.807, 2.05) is 0 Å². The molecule has 1 aromatic carbocycles. The van der Waals surface area contributed by atoms with Crippen LogP contribution in [0, 0.1) is 6.92 Å². The normalized spacial score (nSPS) is 11.6. The average molecular weight is 255 g/mol. The fraction of sp³-hybridized carbons (Fsp3) is 0.182. The van der Waals surface area contributed by atoms with Crippen molar-refractivity contribution in [2.24, 2.45) is 0 Å². The highest BCUT2D eigenvalue weighted by Gasteiger charge is 2.36. The highest BCUT2D eigenvalue weighted by atomic mass is 19.4. The van der Waals surface area contributed by atoms with Crippen molar-refractivity contribution < 1.29 is 18.0 Å². The lowest BCUT2D eigenvalue weighted by molar-refractivity contribution is -0.214. The first kappa shape index (κ1) is 12.3. The minimum absolute atomic E-state index is 0.219. The van der Waals surface area contributed by atoms with Crippen LogP contribution in [-0.4, -0.2) is 20.8 Å². The predicted molar refractivity (Wildman–Crippen MR) is 55.9 cm³/mol. The van der Waals surface area contributed by atoms with E-state index in [0.717, 1.165) is 6.92 Å². The summed E-state index contributed by atoms with van der Waals surface area (Å²) in [5.74, 6) is -0.580. The Labute approximate surface area is 100 Å². The van der Waals surface area contributed by atoms with Gasteiger partial charge in [-0.25, -0.2) is 0 Å². The molecular weight excluding hydrogens is 247 g/mol. The third-order valence-electron chi connectivity index (χ3n) is 2.39. The van der Waals surface area contributed by atoms with Gasteiger partial charge in [-0.1, -0.05) is 35.5 Å². The van der Waals surface area contributed by atoms with Crippen LogP contribution in [0.2, 0.25) is 0 Å². The molecule has 0 aliphatic rings. The van der Waals surface area contributed by atoms with Gasteiger partial charge in [-0.2, -0.15) is 4.68 Å². The lowest BCUT2D eigenvalue weighted by Crippen LogP contribution is -2.20. The molecule has 0 aliphatic carbocycles. The highest BCUT2D eigenvalue weighted by Crippen LogP contribution is 2.24. The molecule has 2 aromatic rings. The number of nitrogens with zero attached hydrogens (tertiary/aromatic N) is 3. The van der Waals surface area contributed by atoms with Gasteiger partial charge in [0, 0.05) is 5.56 Å². The Kier molecular flexibility index (Phi) is 2.90. The number of benzene rings is 1. The number of aromatic nitrogens is 3. The fourth-order valence-electron chi connectivity index (χ4n) is 1.51. The number of rotatable bonds is 2. The maximum atomic E-state index is 12.5. The van der Waals surface area contributed by atoms with Crippen LogP contribution in [0.5, 0.6) is 0 Å². The molecule has 94 valence electrons. The molecule has 0 N–H and O–H groups in total. The summed E-state index contributed by atoms with van der Waals surface area (Å²) >= 11 is 0. The molecule has 0 amide bonds. The van der Waals surface area contributed by atoms with Crippen LogP contribution in [0.4, 0.5) is 13.2 Å². The maximum absolute atomic E-state index is 12.5. The van der Waals surface area contributed by atoms with Crippen molar-refractivity contribution >= 4 is 5.78 Å². The number of hydrogen-bond donors (Lipinski definition) is 0. The monoisotopic (exact) mass is 255 g/mol. The molecule has 18 heavy (non-hydrogen) atoms. The minimum Gasteiger partial charge on any atom is -0.287 e. The number of carbonyl (C=O) groups is 1. The third kappa shape index (κ3) is 2.11. The highest BCUT2D eigenvalue weighted by molar-refractivity contribution is 6.08. The first-order chi connectivity index (χ1) is 8.41. The number of carbonyl (C=O) groups excluding carboxylic acids is 1. The Morgan fingerprint density at radius 2 is 1.83 bits per heavy atom. The molecule has 0 saturated carbocycles. The van der Waals surface area contributed by atoms with Gasteiger partial charge in [0.15, 0.2) is 5.69 Å². The SMILES string of the molecule is Cc1c(C(=O)c2ccccc2)nnn1C(F)(F)F. The fourth-order valence-corrected chi connectivity index (χ4v) is 1.51. The molecule has 0 radical (unpaired) electrons. The zero-order valence-corrected chi connectivity index (χ0v) is 9.27. The standard InChI is InChI=1S/C11H8F3N3O/c1-7-9(15-16-17(7)11(12,13)14)10(18)8-5-3-2-4-6-8/h2-6H,1H3. The maximum Gasteiger partial charge on any atom is 0.506 e. The van der Waals surface area contributed by atoms with Gasteiger partial charge in [0.25, 0.3) is 0 Å². The van der Waals surface area contributed by atoms with E-state index in [1.165, 1.54) is 12.1 Å². The van der Waals surface area contributed by atoms with Gasteiger partial charge in [0.2, 0.25) is 5.78 Å². The van der Waals surface area contributed by atoms with Crippen LogP contribution in [0.15, 0.2) is 30.3 Å². The van der Waals surface area contributed by atoms with Crippen molar-refractivity contribution in [3.8, 4) is 0 Å². The number of ketones is 1. The van der Waals surface area contributed by atoms with Crippen LogP contribution < -0.4 is 0 Å². The van der Waals surface area contributed by atoms with Gasteiger partial charge in [-0.05, 0) is 6.92 Å². The molecule has 0 atom stereocenters. The van der Waals surface area contributed by atoms with Crippen LogP contribution in [0.3, 0.4) is 0 Å². The molecule has 1 heterocycles. The summed E-state index contributed by atoms with van der Waals surface area (Å²) in [5.41, 5.74) is -0.343. The van der Waals surface area contributed by atoms with E-state index in [9.17, 15) is 18.0 Å². The van der Waals surface area contributed by atoms with Crippen LogP contribution in [0.25, 0.3) is 0 Å². The Morgan fingerprint density at radius 3 is 2.33 bits per heavy atom. The predicted octanol–water partition coefficient (Wildman–Crippen LogP) is 2.29. The molecule has 4 nitrogen and oxygen atoms in total. The zero-order valence-electron chi connectivity index (χ0n) is 9.27. The molecule has 0 unspecified atom stereocenters. The summed E-state index contributed by atoms with van der Waals surface area (Å²) in [5, 5.41) is 6.26. The van der Waals surface area contributed by atoms with E-state index in [1.54, 1.807) is 18.2 Å². The van der Waals surface area contributed by atoms with Gasteiger partial charge in [-0.3, -0.25) is 4.79 Å². The Hall–Kier alpha value is -2.18. The van der Waals surface area contributed by atoms with E-state index in [2.05, 4.69) is 10.3 Å². The molecule has 0 saturated heterocycles. The van der Waals surface area contributed by atoms with Gasteiger partial charge in [-0.15, -0.1) is 18.3 Å². The topological polar surface area (TPSA) is 47.8 Å². The smallest absolute Gasteiger partial charge is 0.287 e. The summed E-state index contributed by atoms with van der Waals surface area (Å²) in [6, 6.07) is 7.96. The van der Waals surface area contributed by atoms with E-state index in [0.29, 0.717) is 0 Å². The first-order valence-electron chi connectivity index (χ1n) is 5.00. The third-order valence-corrected chi connectivity index (χ3v) is 2.39. The lowest BCUT2D eigenvalue weighted by atomic mass is 10.1. The Morgan fingerprint density at radius 1 is 1.22 bits per heavy atom. The lowest BCUT2D eigenvalue weighted by Gasteiger charge is -2.06. The summed E-state index contributed by atoms with van der Waals surface area (Å²) in [7, 11) is 0. The second-order valence-corrected chi connectivity index (χ2v) is 3.60. The van der Waals surface area contributed by atoms with E-state index in [4.69, 9.17) is 0 Å². The molecular formula is C11H8F3N3O. The summed E-state index contributed by atoms with van der Waals surface area (Å²) in [4.78, 5) is 11.9. The largest absolute Gasteiger partial charge is 0.506 e. The van der Waals surface area contributed by atoms with E-state index in [-0.39, 0.29) is 21.6 Å². The number of alkyl halides is 3.